The van der Waals surface area contributed by atoms with Gasteiger partial charge in [-0.2, -0.15) is 0 Å². The minimum atomic E-state index is 0.162. The molecule has 0 atom stereocenters. The number of anilines is 1. The van der Waals surface area contributed by atoms with E-state index in [1.807, 2.05) is 30.0 Å². The van der Waals surface area contributed by atoms with Crippen LogP contribution in [0.2, 0.25) is 0 Å². The van der Waals surface area contributed by atoms with Crippen LogP contribution in [-0.2, 0) is 11.2 Å². The summed E-state index contributed by atoms with van der Waals surface area (Å²) in [6, 6.07) is 6.02. The first kappa shape index (κ1) is 13.4. The molecule has 2 aliphatic heterocycles. The fraction of sp³-hybridized carbons (Fsp3) is 0.562. The Bertz CT molecular complexity index is 493. The first-order valence-corrected chi connectivity index (χ1v) is 7.55. The summed E-state index contributed by atoms with van der Waals surface area (Å²) >= 11 is 0. The number of rotatable bonds is 3. The van der Waals surface area contributed by atoms with Gasteiger partial charge in [-0.05, 0) is 49.9 Å². The molecule has 1 amide bonds. The molecule has 4 nitrogen and oxygen atoms in total. The van der Waals surface area contributed by atoms with Crippen LogP contribution in [0.25, 0.3) is 0 Å². The molecule has 4 heteroatoms. The quantitative estimate of drug-likeness (QED) is 0.919. The van der Waals surface area contributed by atoms with E-state index in [4.69, 9.17) is 4.74 Å². The van der Waals surface area contributed by atoms with Crippen LogP contribution >= 0.6 is 0 Å². The van der Waals surface area contributed by atoms with Gasteiger partial charge in [-0.25, -0.2) is 0 Å². The van der Waals surface area contributed by atoms with Gasteiger partial charge in [0.15, 0.2) is 0 Å². The fourth-order valence-electron chi connectivity index (χ4n) is 3.08. The maximum Gasteiger partial charge on any atom is 0.253 e. The van der Waals surface area contributed by atoms with Crippen molar-refractivity contribution in [3.63, 3.8) is 0 Å². The number of hydrogen-bond donors (Lipinski definition) is 1. The third-order valence-corrected chi connectivity index (χ3v) is 4.19. The standard InChI is InChI=1S/C16H22N2O2/c1-2-20-14-6-9-18(10-7-14)16(19)13-3-4-15-12(11-13)5-8-17-15/h3-4,11,14,17H,2,5-10H2,1H3. The van der Waals surface area contributed by atoms with Gasteiger partial charge in [0.2, 0.25) is 0 Å². The molecule has 108 valence electrons. The normalized spacial score (nSPS) is 18.8. The molecular weight excluding hydrogens is 252 g/mol. The minimum absolute atomic E-state index is 0.162. The molecule has 3 rings (SSSR count). The second kappa shape index (κ2) is 5.83. The van der Waals surface area contributed by atoms with E-state index in [1.54, 1.807) is 0 Å². The van der Waals surface area contributed by atoms with Crippen molar-refractivity contribution in [2.24, 2.45) is 0 Å². The maximum absolute atomic E-state index is 12.5. The fourth-order valence-corrected chi connectivity index (χ4v) is 3.08. The number of nitrogens with one attached hydrogen (secondary N) is 1. The van der Waals surface area contributed by atoms with Crippen molar-refractivity contribution < 1.29 is 9.53 Å². The van der Waals surface area contributed by atoms with E-state index < -0.39 is 0 Å². The lowest BCUT2D eigenvalue weighted by Gasteiger charge is -2.31. The number of likely N-dealkylation sites (tertiary alicyclic amines) is 1. The number of amides is 1. The molecule has 0 aliphatic carbocycles. The number of carbonyl (C=O) groups is 1. The summed E-state index contributed by atoms with van der Waals surface area (Å²) in [6.45, 7) is 5.37. The third-order valence-electron chi connectivity index (χ3n) is 4.19. The first-order chi connectivity index (χ1) is 9.78. The Kier molecular flexibility index (Phi) is 3.92. The molecule has 0 spiro atoms. The van der Waals surface area contributed by atoms with Crippen LogP contribution in [0.1, 0.15) is 35.7 Å². The van der Waals surface area contributed by atoms with E-state index >= 15 is 0 Å². The minimum Gasteiger partial charge on any atom is -0.384 e. The van der Waals surface area contributed by atoms with Gasteiger partial charge < -0.3 is 15.0 Å². The van der Waals surface area contributed by atoms with E-state index in [9.17, 15) is 4.79 Å². The molecule has 2 heterocycles. The van der Waals surface area contributed by atoms with Crippen molar-refractivity contribution in [1.82, 2.24) is 4.90 Å². The summed E-state index contributed by atoms with van der Waals surface area (Å²) in [5, 5.41) is 3.32. The Labute approximate surface area is 120 Å². The Balaban J connectivity index is 1.65. The Hall–Kier alpha value is -1.55. The number of benzene rings is 1. The van der Waals surface area contributed by atoms with Gasteiger partial charge in [0.05, 0.1) is 6.10 Å². The summed E-state index contributed by atoms with van der Waals surface area (Å²) in [5.74, 6) is 0.162. The molecular formula is C16H22N2O2. The SMILES string of the molecule is CCOC1CCN(C(=O)c2ccc3c(c2)CCN3)CC1. The zero-order valence-electron chi connectivity index (χ0n) is 12.0. The summed E-state index contributed by atoms with van der Waals surface area (Å²) in [7, 11) is 0. The molecule has 2 aliphatic rings. The summed E-state index contributed by atoms with van der Waals surface area (Å²) in [6.07, 6.45) is 3.24. The average Bonchev–Trinajstić information content (AvgIpc) is 2.95. The van der Waals surface area contributed by atoms with Crippen LogP contribution in [-0.4, -0.2) is 43.2 Å². The van der Waals surface area contributed by atoms with Crippen LogP contribution in [0.15, 0.2) is 18.2 Å². The molecule has 0 saturated carbocycles. The van der Waals surface area contributed by atoms with Gasteiger partial charge in [0.1, 0.15) is 0 Å². The number of ether oxygens (including phenoxy) is 1. The van der Waals surface area contributed by atoms with Crippen molar-refractivity contribution >= 4 is 11.6 Å². The lowest BCUT2D eigenvalue weighted by Crippen LogP contribution is -2.40. The molecule has 0 unspecified atom stereocenters. The van der Waals surface area contributed by atoms with Gasteiger partial charge in [0.25, 0.3) is 5.91 Å². The van der Waals surface area contributed by atoms with Crippen molar-refractivity contribution in [2.45, 2.75) is 32.3 Å². The summed E-state index contributed by atoms with van der Waals surface area (Å²) in [5.41, 5.74) is 3.26. The van der Waals surface area contributed by atoms with Gasteiger partial charge in [0, 0.05) is 37.5 Å². The van der Waals surface area contributed by atoms with Crippen molar-refractivity contribution in [1.29, 1.82) is 0 Å². The molecule has 0 radical (unpaired) electrons. The second-order valence-electron chi connectivity index (χ2n) is 5.50. The summed E-state index contributed by atoms with van der Waals surface area (Å²) in [4.78, 5) is 14.5. The highest BCUT2D eigenvalue weighted by Gasteiger charge is 2.24. The van der Waals surface area contributed by atoms with Crippen LogP contribution in [0.5, 0.6) is 0 Å². The van der Waals surface area contributed by atoms with Crippen molar-refractivity contribution in [3.05, 3.63) is 29.3 Å². The lowest BCUT2D eigenvalue weighted by atomic mass is 10.0. The molecule has 1 N–H and O–H groups in total. The smallest absolute Gasteiger partial charge is 0.253 e. The zero-order valence-corrected chi connectivity index (χ0v) is 12.0. The number of fused-ring (bicyclic) bond motifs is 1. The largest absolute Gasteiger partial charge is 0.384 e. The second-order valence-corrected chi connectivity index (χ2v) is 5.50. The van der Waals surface area contributed by atoms with E-state index in [2.05, 4.69) is 5.32 Å². The predicted octanol–water partition coefficient (Wildman–Crippen LogP) is 2.30. The number of piperidine rings is 1. The Morgan fingerprint density at radius 1 is 1.40 bits per heavy atom. The van der Waals surface area contributed by atoms with Crippen LogP contribution < -0.4 is 5.32 Å². The lowest BCUT2D eigenvalue weighted by molar-refractivity contribution is 0.0146. The van der Waals surface area contributed by atoms with Gasteiger partial charge in [-0.3, -0.25) is 4.79 Å². The van der Waals surface area contributed by atoms with E-state index in [0.717, 1.165) is 51.1 Å². The molecule has 20 heavy (non-hydrogen) atoms. The van der Waals surface area contributed by atoms with Crippen LogP contribution in [0, 0.1) is 0 Å². The van der Waals surface area contributed by atoms with E-state index in [-0.39, 0.29) is 5.91 Å². The molecule has 1 aromatic carbocycles. The summed E-state index contributed by atoms with van der Waals surface area (Å²) < 4.78 is 5.63. The highest BCUT2D eigenvalue weighted by molar-refractivity contribution is 5.95. The first-order valence-electron chi connectivity index (χ1n) is 7.55. The van der Waals surface area contributed by atoms with Gasteiger partial charge in [-0.1, -0.05) is 0 Å². The number of carbonyl (C=O) groups excluding carboxylic acids is 1. The monoisotopic (exact) mass is 274 g/mol. The Morgan fingerprint density at radius 3 is 2.95 bits per heavy atom. The molecule has 1 fully saturated rings. The third kappa shape index (κ3) is 2.66. The maximum atomic E-state index is 12.5. The van der Waals surface area contributed by atoms with E-state index in [0.29, 0.717) is 6.10 Å². The highest BCUT2D eigenvalue weighted by Crippen LogP contribution is 2.24. The predicted molar refractivity (Wildman–Crippen MR) is 79.2 cm³/mol. The molecule has 0 bridgehead atoms. The van der Waals surface area contributed by atoms with Crippen LogP contribution in [0.4, 0.5) is 5.69 Å². The highest BCUT2D eigenvalue weighted by atomic mass is 16.5. The number of hydrogen-bond acceptors (Lipinski definition) is 3. The van der Waals surface area contributed by atoms with Crippen molar-refractivity contribution in [3.8, 4) is 0 Å². The molecule has 1 aromatic rings. The topological polar surface area (TPSA) is 41.6 Å². The number of nitrogens with zero attached hydrogens (tertiary/aromatic N) is 1. The van der Waals surface area contributed by atoms with Gasteiger partial charge >= 0.3 is 0 Å². The average molecular weight is 274 g/mol. The van der Waals surface area contributed by atoms with E-state index in [1.165, 1.54) is 11.3 Å². The molecule has 0 aromatic heterocycles. The van der Waals surface area contributed by atoms with Gasteiger partial charge in [-0.15, -0.1) is 0 Å². The Morgan fingerprint density at radius 2 is 2.20 bits per heavy atom. The van der Waals surface area contributed by atoms with Crippen molar-refractivity contribution in [2.75, 3.05) is 31.6 Å². The zero-order chi connectivity index (χ0) is 13.9. The molecule has 1 saturated heterocycles. The van der Waals surface area contributed by atoms with Crippen LogP contribution in [0.3, 0.4) is 0 Å².